The topological polar surface area (TPSA) is 0 Å². The average molecular weight is 673 g/mol. The Morgan fingerprint density at radius 1 is 0.536 bits per heavy atom. The number of alkyl halides is 14. The van der Waals surface area contributed by atoms with Gasteiger partial charge in [-0.2, -0.15) is 59.1 Å². The maximum atomic E-state index is 13.7. The van der Waals surface area contributed by atoms with Gasteiger partial charge in [0.2, 0.25) is 0 Å². The molecule has 0 saturated carbocycles. The Hall–Kier alpha value is 0.0719. The minimum Gasteiger partial charge on any atom is -0.343 e. The maximum absolute atomic E-state index is 13.7. The van der Waals surface area contributed by atoms with Crippen LogP contribution in [0.4, 0.5) is 61.5 Å². The van der Waals surface area contributed by atoms with Crippen LogP contribution in [-0.4, -0.2) is 36.0 Å². The predicted molar refractivity (Wildman–Crippen MR) is 63.8 cm³/mol. The Morgan fingerprint density at radius 3 is 0.964 bits per heavy atom. The summed E-state index contributed by atoms with van der Waals surface area (Å²) in [6.07, 6.45) is -34.5. The first-order chi connectivity index (χ1) is 11.6. The molecule has 0 aromatic carbocycles. The van der Waals surface area contributed by atoms with Crippen LogP contribution in [-0.2, 0) is 0 Å². The van der Waals surface area contributed by atoms with E-state index in [4.69, 9.17) is 0 Å². The molecule has 0 rings (SSSR count). The first-order valence-electron chi connectivity index (χ1n) is 7.08. The summed E-state index contributed by atoms with van der Waals surface area (Å²) in [7, 11) is 0. The summed E-state index contributed by atoms with van der Waals surface area (Å²) in [4.78, 5) is 0. The maximum Gasteiger partial charge on any atom is 0.431 e. The summed E-state index contributed by atoms with van der Waals surface area (Å²) >= 11 is 0. The Balaban J connectivity index is 0. The van der Waals surface area contributed by atoms with Crippen molar-refractivity contribution in [1.29, 1.82) is 0 Å². The van der Waals surface area contributed by atoms with Crippen molar-refractivity contribution >= 4 is 0 Å². The van der Waals surface area contributed by atoms with Crippen molar-refractivity contribution in [3.8, 4) is 0 Å². The molecule has 0 nitrogen and oxygen atoms in total. The molecule has 0 aromatic rings. The van der Waals surface area contributed by atoms with Gasteiger partial charge in [-0.1, -0.05) is 12.8 Å². The fourth-order valence-corrected chi connectivity index (χ4v) is 2.29. The summed E-state index contributed by atoms with van der Waals surface area (Å²) in [5.41, 5.74) is -12.2. The van der Waals surface area contributed by atoms with Gasteiger partial charge in [-0.15, -0.1) is 0 Å². The fraction of sp³-hybridized carbons (Fsp3) is 0.923. The van der Waals surface area contributed by atoms with Gasteiger partial charge in [0.05, 0.1) is 0 Å². The predicted octanol–water partition coefficient (Wildman–Crippen LogP) is 7.05. The molecule has 0 bridgehead atoms. The molecule has 0 radical (unpaired) electrons. The zero-order chi connectivity index (χ0) is 22.1. The van der Waals surface area contributed by atoms with Crippen LogP contribution in [0.3, 0.4) is 0 Å². The van der Waals surface area contributed by atoms with E-state index in [2.05, 4.69) is 6.92 Å². The number of rotatable bonds is 7. The summed E-state index contributed by atoms with van der Waals surface area (Å²) in [5.74, 6) is -2.88. The smallest absolute Gasteiger partial charge is 0.343 e. The van der Waals surface area contributed by atoms with E-state index >= 15 is 0 Å². The average Bonchev–Trinajstić information content (AvgIpc) is 2.39. The number of hydrogen-bond acceptors (Lipinski definition) is 0. The van der Waals surface area contributed by atoms with Gasteiger partial charge in [0.15, 0.2) is 0 Å². The van der Waals surface area contributed by atoms with Crippen molar-refractivity contribution < 1.29 is 92.6 Å². The minimum absolute atomic E-state index is 0. The van der Waals surface area contributed by atoms with Crippen molar-refractivity contribution in [2.75, 3.05) is 0 Å². The SMILES string of the molecule is [CH2-]CCCC(CC(F)(C(F)(F)F)C(F)(F)F)CC(F)(C(F)(F)F)C(F)(F)F.[U]. The third-order valence-corrected chi connectivity index (χ3v) is 3.80. The van der Waals surface area contributed by atoms with Gasteiger partial charge in [0.25, 0.3) is 11.3 Å². The Kier molecular flexibility index (Phi) is 10.2. The third kappa shape index (κ3) is 6.54. The second-order valence-electron chi connectivity index (χ2n) is 5.86. The molecule has 0 aromatic heterocycles. The summed E-state index contributed by atoms with van der Waals surface area (Å²) in [6, 6.07) is 0. The quantitative estimate of drug-likeness (QED) is 0.201. The van der Waals surface area contributed by atoms with E-state index in [1.807, 2.05) is 0 Å². The summed E-state index contributed by atoms with van der Waals surface area (Å²) in [6.45, 7) is 3.07. The summed E-state index contributed by atoms with van der Waals surface area (Å²) < 4.78 is 178. The van der Waals surface area contributed by atoms with E-state index in [1.54, 1.807) is 0 Å². The zero-order valence-electron chi connectivity index (χ0n) is 13.6. The molecule has 168 valence electrons. The second-order valence-corrected chi connectivity index (χ2v) is 5.86. The third-order valence-electron chi connectivity index (χ3n) is 3.80. The Labute approximate surface area is 173 Å². The largest absolute Gasteiger partial charge is 0.431 e. The van der Waals surface area contributed by atoms with Gasteiger partial charge in [-0.05, 0) is 5.92 Å². The molecule has 0 aliphatic carbocycles. The molecule has 0 aliphatic rings. The second kappa shape index (κ2) is 9.47. The monoisotopic (exact) mass is 673 g/mol. The van der Waals surface area contributed by atoms with Crippen molar-refractivity contribution in [2.45, 2.75) is 68.1 Å². The van der Waals surface area contributed by atoms with Gasteiger partial charge < -0.3 is 6.92 Å². The molecule has 0 heterocycles. The van der Waals surface area contributed by atoms with E-state index in [9.17, 15) is 61.5 Å². The van der Waals surface area contributed by atoms with Crippen LogP contribution >= 0.6 is 0 Å². The van der Waals surface area contributed by atoms with E-state index in [0.29, 0.717) is 0 Å². The van der Waals surface area contributed by atoms with E-state index < -0.39 is 67.6 Å². The molecule has 0 amide bonds. The van der Waals surface area contributed by atoms with Crippen LogP contribution in [0.25, 0.3) is 0 Å². The van der Waals surface area contributed by atoms with Crippen LogP contribution in [0.15, 0.2) is 0 Å². The van der Waals surface area contributed by atoms with Gasteiger partial charge >= 0.3 is 24.7 Å². The minimum atomic E-state index is -6.69. The van der Waals surface area contributed by atoms with Gasteiger partial charge in [-0.25, -0.2) is 8.78 Å². The number of unbranched alkanes of at least 4 members (excludes halogenated alkanes) is 1. The van der Waals surface area contributed by atoms with Crippen LogP contribution in [0, 0.1) is 44.0 Å². The van der Waals surface area contributed by atoms with Crippen molar-refractivity contribution in [2.24, 2.45) is 5.92 Å². The normalized spacial score (nSPS) is 15.0. The molecule has 0 atom stereocenters. The standard InChI is InChI=1S/C13H13F14.U/c1-2-3-4-7(5-8(14,10(16,17)18)11(19,20)21)6-9(15,12(22,23)24)13(25,26)27;/h7H,1-6H2;/q-1;. The molecule has 0 spiro atoms. The van der Waals surface area contributed by atoms with Gasteiger partial charge in [-0.3, -0.25) is 0 Å². The van der Waals surface area contributed by atoms with Gasteiger partial charge in [0, 0.05) is 44.0 Å². The van der Waals surface area contributed by atoms with E-state index in [-0.39, 0.29) is 37.5 Å². The zero-order valence-corrected chi connectivity index (χ0v) is 17.8. The van der Waals surface area contributed by atoms with Gasteiger partial charge in [0.1, 0.15) is 0 Å². The van der Waals surface area contributed by atoms with Crippen molar-refractivity contribution in [3.63, 3.8) is 0 Å². The van der Waals surface area contributed by atoms with Crippen molar-refractivity contribution in [1.82, 2.24) is 0 Å². The molecule has 0 N–H and O–H groups in total. The fourth-order valence-electron chi connectivity index (χ4n) is 2.29. The molecular weight excluding hydrogens is 660 g/mol. The molecule has 0 aliphatic heterocycles. The first-order valence-corrected chi connectivity index (χ1v) is 7.08. The molecular formula is C13H13F14U-. The van der Waals surface area contributed by atoms with Crippen molar-refractivity contribution in [3.05, 3.63) is 6.92 Å². The number of halogens is 14. The van der Waals surface area contributed by atoms with Crippen LogP contribution in [0.5, 0.6) is 0 Å². The summed E-state index contributed by atoms with van der Waals surface area (Å²) in [5, 5.41) is 0. The van der Waals surface area contributed by atoms with Crippen LogP contribution in [0.1, 0.15) is 32.1 Å². The number of hydrogen-bond donors (Lipinski definition) is 0. The van der Waals surface area contributed by atoms with E-state index in [1.165, 1.54) is 0 Å². The Morgan fingerprint density at radius 2 is 0.786 bits per heavy atom. The van der Waals surface area contributed by atoms with Crippen LogP contribution < -0.4 is 0 Å². The van der Waals surface area contributed by atoms with Crippen LogP contribution in [0.2, 0.25) is 0 Å². The molecule has 0 fully saturated rings. The first kappa shape index (κ1) is 30.3. The molecule has 28 heavy (non-hydrogen) atoms. The molecule has 0 saturated heterocycles. The molecule has 15 heteroatoms. The Bertz CT molecular complexity index is 404. The van der Waals surface area contributed by atoms with E-state index in [0.717, 1.165) is 0 Å². The molecule has 0 unspecified atom stereocenters.